The van der Waals surface area contributed by atoms with Gasteiger partial charge in [0.05, 0.1) is 0 Å². The monoisotopic (exact) mass is 139 g/mol. The van der Waals surface area contributed by atoms with Crippen LogP contribution in [0.1, 0.15) is 39.0 Å². The molecule has 1 aliphatic carbocycles. The topological polar surface area (TPSA) is 12.4 Å². The van der Waals surface area contributed by atoms with Crippen molar-refractivity contribution in [2.75, 3.05) is 7.05 Å². The van der Waals surface area contributed by atoms with Crippen molar-refractivity contribution in [1.29, 1.82) is 0 Å². The Balaban J connectivity index is 2.31. The third kappa shape index (κ3) is 1.83. The van der Waals surface area contributed by atoms with Gasteiger partial charge in [0.2, 0.25) is 0 Å². The minimum Gasteiger partial charge on any atom is -0.297 e. The maximum atomic E-state index is 4.23. The van der Waals surface area contributed by atoms with Crippen molar-refractivity contribution in [2.45, 2.75) is 39.0 Å². The van der Waals surface area contributed by atoms with Crippen LogP contribution in [0.4, 0.5) is 0 Å². The highest BCUT2D eigenvalue weighted by atomic mass is 14.7. The SMILES string of the molecule is CCC1CCC(=NC)CC1. The van der Waals surface area contributed by atoms with Crippen molar-refractivity contribution >= 4 is 5.71 Å². The number of aliphatic imine (C=N–C) groups is 1. The van der Waals surface area contributed by atoms with Gasteiger partial charge in [-0.05, 0) is 31.6 Å². The normalized spacial score (nSPS) is 26.6. The summed E-state index contributed by atoms with van der Waals surface area (Å²) in [7, 11) is 1.92. The molecule has 1 rings (SSSR count). The molecule has 0 aromatic carbocycles. The molecule has 0 heterocycles. The molecule has 0 saturated heterocycles. The van der Waals surface area contributed by atoms with E-state index in [-0.39, 0.29) is 0 Å². The lowest BCUT2D eigenvalue weighted by Gasteiger charge is -2.20. The fraction of sp³-hybridized carbons (Fsp3) is 0.889. The summed E-state index contributed by atoms with van der Waals surface area (Å²) in [6, 6.07) is 0. The van der Waals surface area contributed by atoms with E-state index in [1.54, 1.807) is 0 Å². The van der Waals surface area contributed by atoms with Gasteiger partial charge in [-0.1, -0.05) is 13.3 Å². The van der Waals surface area contributed by atoms with E-state index in [0.29, 0.717) is 0 Å². The van der Waals surface area contributed by atoms with E-state index in [0.717, 1.165) is 5.92 Å². The smallest absolute Gasteiger partial charge is 0.0276 e. The van der Waals surface area contributed by atoms with Crippen molar-refractivity contribution in [3.63, 3.8) is 0 Å². The summed E-state index contributed by atoms with van der Waals surface area (Å²) in [5.74, 6) is 0.991. The van der Waals surface area contributed by atoms with E-state index in [1.165, 1.54) is 37.8 Å². The minimum absolute atomic E-state index is 0.991. The third-order valence-electron chi connectivity index (χ3n) is 2.58. The molecule has 0 aromatic heterocycles. The van der Waals surface area contributed by atoms with Crippen molar-refractivity contribution < 1.29 is 0 Å². The highest BCUT2D eigenvalue weighted by molar-refractivity contribution is 5.84. The van der Waals surface area contributed by atoms with Crippen LogP contribution in [-0.2, 0) is 0 Å². The zero-order chi connectivity index (χ0) is 7.40. The summed E-state index contributed by atoms with van der Waals surface area (Å²) in [6.45, 7) is 2.29. The molecule has 58 valence electrons. The van der Waals surface area contributed by atoms with Gasteiger partial charge in [0.15, 0.2) is 0 Å². The molecular formula is C9H17N. The quantitative estimate of drug-likeness (QED) is 0.529. The lowest BCUT2D eigenvalue weighted by Crippen LogP contribution is -2.13. The molecule has 1 nitrogen and oxygen atoms in total. The second kappa shape index (κ2) is 3.75. The molecule has 0 bridgehead atoms. The Kier molecular flexibility index (Phi) is 2.91. The van der Waals surface area contributed by atoms with Gasteiger partial charge in [-0.25, -0.2) is 0 Å². The van der Waals surface area contributed by atoms with Crippen molar-refractivity contribution in [3.8, 4) is 0 Å². The molecule has 1 aliphatic rings. The van der Waals surface area contributed by atoms with Crippen LogP contribution in [0.5, 0.6) is 0 Å². The summed E-state index contributed by atoms with van der Waals surface area (Å²) < 4.78 is 0. The summed E-state index contributed by atoms with van der Waals surface area (Å²) in [5.41, 5.74) is 1.43. The fourth-order valence-electron chi connectivity index (χ4n) is 1.64. The Labute approximate surface area is 63.5 Å². The molecule has 0 amide bonds. The number of hydrogen-bond acceptors (Lipinski definition) is 1. The largest absolute Gasteiger partial charge is 0.297 e. The van der Waals surface area contributed by atoms with Crippen LogP contribution in [0.2, 0.25) is 0 Å². The van der Waals surface area contributed by atoms with Crippen molar-refractivity contribution in [1.82, 2.24) is 0 Å². The first-order chi connectivity index (χ1) is 4.86. The fourth-order valence-corrected chi connectivity index (χ4v) is 1.64. The van der Waals surface area contributed by atoms with Crippen molar-refractivity contribution in [3.05, 3.63) is 0 Å². The molecule has 1 fully saturated rings. The van der Waals surface area contributed by atoms with E-state index in [2.05, 4.69) is 11.9 Å². The van der Waals surface area contributed by atoms with Gasteiger partial charge in [0.25, 0.3) is 0 Å². The minimum atomic E-state index is 0.991. The first kappa shape index (κ1) is 7.77. The van der Waals surface area contributed by atoms with Crippen LogP contribution in [0, 0.1) is 5.92 Å². The van der Waals surface area contributed by atoms with E-state index in [1.807, 2.05) is 7.05 Å². The number of hydrogen-bond donors (Lipinski definition) is 0. The molecule has 0 unspecified atom stereocenters. The second-order valence-electron chi connectivity index (χ2n) is 3.14. The van der Waals surface area contributed by atoms with Gasteiger partial charge in [-0.2, -0.15) is 0 Å². The van der Waals surface area contributed by atoms with E-state index in [4.69, 9.17) is 0 Å². The lowest BCUT2D eigenvalue weighted by molar-refractivity contribution is 0.429. The predicted octanol–water partition coefficient (Wildman–Crippen LogP) is 2.66. The third-order valence-corrected chi connectivity index (χ3v) is 2.58. The molecule has 0 spiro atoms. The first-order valence-electron chi connectivity index (χ1n) is 4.31. The van der Waals surface area contributed by atoms with Crippen molar-refractivity contribution in [2.24, 2.45) is 10.9 Å². The Morgan fingerprint density at radius 3 is 2.40 bits per heavy atom. The van der Waals surface area contributed by atoms with Gasteiger partial charge < -0.3 is 0 Å². The Morgan fingerprint density at radius 2 is 2.00 bits per heavy atom. The summed E-state index contributed by atoms with van der Waals surface area (Å²) in [4.78, 5) is 4.23. The number of rotatable bonds is 1. The molecule has 0 aliphatic heterocycles. The Morgan fingerprint density at radius 1 is 1.40 bits per heavy atom. The second-order valence-corrected chi connectivity index (χ2v) is 3.14. The average Bonchev–Trinajstić information content (AvgIpc) is 2.05. The molecule has 0 atom stereocenters. The molecule has 0 aromatic rings. The van der Waals surface area contributed by atoms with E-state index in [9.17, 15) is 0 Å². The lowest BCUT2D eigenvalue weighted by atomic mass is 9.86. The van der Waals surface area contributed by atoms with Gasteiger partial charge >= 0.3 is 0 Å². The van der Waals surface area contributed by atoms with Crippen LogP contribution in [0.25, 0.3) is 0 Å². The number of nitrogens with zero attached hydrogens (tertiary/aromatic N) is 1. The standard InChI is InChI=1S/C9H17N/c1-3-8-4-6-9(10-2)7-5-8/h8H,3-7H2,1-2H3. The van der Waals surface area contributed by atoms with Crippen LogP contribution in [0.3, 0.4) is 0 Å². The maximum absolute atomic E-state index is 4.23. The zero-order valence-corrected chi connectivity index (χ0v) is 7.06. The van der Waals surface area contributed by atoms with Crippen LogP contribution >= 0.6 is 0 Å². The first-order valence-corrected chi connectivity index (χ1v) is 4.31. The Bertz CT molecular complexity index is 117. The van der Waals surface area contributed by atoms with Crippen LogP contribution in [0.15, 0.2) is 4.99 Å². The van der Waals surface area contributed by atoms with Crippen LogP contribution in [-0.4, -0.2) is 12.8 Å². The average molecular weight is 139 g/mol. The zero-order valence-electron chi connectivity index (χ0n) is 7.06. The van der Waals surface area contributed by atoms with Gasteiger partial charge in [0, 0.05) is 12.8 Å². The molecule has 1 saturated carbocycles. The van der Waals surface area contributed by atoms with Gasteiger partial charge in [-0.3, -0.25) is 4.99 Å². The highest BCUT2D eigenvalue weighted by Crippen LogP contribution is 2.24. The van der Waals surface area contributed by atoms with Crippen LogP contribution < -0.4 is 0 Å². The van der Waals surface area contributed by atoms with Gasteiger partial charge in [0.1, 0.15) is 0 Å². The van der Waals surface area contributed by atoms with E-state index < -0.39 is 0 Å². The predicted molar refractivity (Wildman–Crippen MR) is 45.6 cm³/mol. The van der Waals surface area contributed by atoms with E-state index >= 15 is 0 Å². The summed E-state index contributed by atoms with van der Waals surface area (Å²) in [5, 5.41) is 0. The summed E-state index contributed by atoms with van der Waals surface area (Å²) >= 11 is 0. The Hall–Kier alpha value is -0.330. The molecular weight excluding hydrogens is 122 g/mol. The molecule has 1 heteroatoms. The highest BCUT2D eigenvalue weighted by Gasteiger charge is 2.14. The maximum Gasteiger partial charge on any atom is 0.0276 e. The molecule has 10 heavy (non-hydrogen) atoms. The molecule has 0 radical (unpaired) electrons. The molecule has 0 N–H and O–H groups in total. The van der Waals surface area contributed by atoms with Gasteiger partial charge in [-0.15, -0.1) is 0 Å². The summed E-state index contributed by atoms with van der Waals surface area (Å²) in [6.07, 6.45) is 6.63.